The van der Waals surface area contributed by atoms with Crippen molar-refractivity contribution in [2.45, 2.75) is 25.4 Å². The molecular weight excluding hydrogens is 250 g/mol. The van der Waals surface area contributed by atoms with E-state index in [0.29, 0.717) is 23.3 Å². The van der Waals surface area contributed by atoms with Crippen molar-refractivity contribution in [3.63, 3.8) is 0 Å². The van der Waals surface area contributed by atoms with Crippen molar-refractivity contribution in [2.75, 3.05) is 0 Å². The third-order valence-electron chi connectivity index (χ3n) is 3.10. The lowest BCUT2D eigenvalue weighted by Crippen LogP contribution is -2.25. The molecule has 3 rings (SSSR count). The molecular formula is C13H14ClN3O. The molecule has 0 unspecified atom stereocenters. The Morgan fingerprint density at radius 1 is 1.56 bits per heavy atom. The van der Waals surface area contributed by atoms with Gasteiger partial charge in [-0.05, 0) is 30.5 Å². The SMILES string of the molecule is O=C(NCc1cc[nH]c1)c1cc(Cl)cn1C1CC1. The summed E-state index contributed by atoms with van der Waals surface area (Å²) in [4.78, 5) is 15.1. The van der Waals surface area contributed by atoms with Crippen LogP contribution in [-0.4, -0.2) is 15.5 Å². The van der Waals surface area contributed by atoms with Crippen molar-refractivity contribution in [3.05, 3.63) is 47.0 Å². The van der Waals surface area contributed by atoms with Crippen LogP contribution in [0.5, 0.6) is 0 Å². The third-order valence-corrected chi connectivity index (χ3v) is 3.31. The van der Waals surface area contributed by atoms with Crippen LogP contribution < -0.4 is 5.32 Å². The first-order valence-electron chi connectivity index (χ1n) is 6.01. The lowest BCUT2D eigenvalue weighted by atomic mass is 10.3. The van der Waals surface area contributed by atoms with Gasteiger partial charge >= 0.3 is 0 Å². The molecule has 1 saturated carbocycles. The average Bonchev–Trinajstić information content (AvgIpc) is 2.92. The van der Waals surface area contributed by atoms with Crippen LogP contribution in [0, 0.1) is 0 Å². The highest BCUT2D eigenvalue weighted by Crippen LogP contribution is 2.37. The number of aromatic nitrogens is 2. The molecule has 0 spiro atoms. The molecule has 94 valence electrons. The monoisotopic (exact) mass is 263 g/mol. The average molecular weight is 264 g/mol. The standard InChI is InChI=1S/C13H14ClN3O/c14-10-5-12(17(8-10)11-1-2-11)13(18)16-7-9-3-4-15-6-9/h3-6,8,11,15H,1-2,7H2,(H,16,18). The minimum Gasteiger partial charge on any atom is -0.367 e. The summed E-state index contributed by atoms with van der Waals surface area (Å²) >= 11 is 5.98. The first-order valence-corrected chi connectivity index (χ1v) is 6.39. The van der Waals surface area contributed by atoms with Gasteiger partial charge in [-0.1, -0.05) is 11.6 Å². The molecule has 1 amide bonds. The van der Waals surface area contributed by atoms with E-state index in [0.717, 1.165) is 18.4 Å². The first kappa shape index (κ1) is 11.4. The summed E-state index contributed by atoms with van der Waals surface area (Å²) < 4.78 is 1.98. The molecule has 18 heavy (non-hydrogen) atoms. The van der Waals surface area contributed by atoms with Gasteiger partial charge in [0.05, 0.1) is 5.02 Å². The number of hydrogen-bond acceptors (Lipinski definition) is 1. The quantitative estimate of drug-likeness (QED) is 0.876. The molecule has 2 N–H and O–H groups in total. The Hall–Kier alpha value is -1.68. The van der Waals surface area contributed by atoms with Crippen LogP contribution in [0.1, 0.15) is 34.9 Å². The van der Waals surface area contributed by atoms with Crippen LogP contribution in [0.3, 0.4) is 0 Å². The summed E-state index contributed by atoms with van der Waals surface area (Å²) in [7, 11) is 0. The second-order valence-electron chi connectivity index (χ2n) is 4.58. The number of H-pyrrole nitrogens is 1. The third kappa shape index (κ3) is 2.29. The highest BCUT2D eigenvalue weighted by molar-refractivity contribution is 6.31. The summed E-state index contributed by atoms with van der Waals surface area (Å²) in [5.74, 6) is -0.0741. The van der Waals surface area contributed by atoms with Gasteiger partial charge in [-0.25, -0.2) is 0 Å². The Balaban J connectivity index is 1.71. The van der Waals surface area contributed by atoms with Gasteiger partial charge in [0.2, 0.25) is 0 Å². The topological polar surface area (TPSA) is 49.8 Å². The molecule has 0 aliphatic heterocycles. The van der Waals surface area contributed by atoms with Gasteiger partial charge in [0.15, 0.2) is 0 Å². The van der Waals surface area contributed by atoms with E-state index in [1.165, 1.54) is 0 Å². The number of nitrogens with one attached hydrogen (secondary N) is 2. The summed E-state index contributed by atoms with van der Waals surface area (Å²) in [6, 6.07) is 4.12. The van der Waals surface area contributed by atoms with E-state index in [1.54, 1.807) is 6.07 Å². The lowest BCUT2D eigenvalue weighted by molar-refractivity contribution is 0.0941. The number of hydrogen-bond donors (Lipinski definition) is 2. The van der Waals surface area contributed by atoms with Crippen molar-refractivity contribution < 1.29 is 4.79 Å². The van der Waals surface area contributed by atoms with Gasteiger partial charge in [-0.3, -0.25) is 4.79 Å². The van der Waals surface area contributed by atoms with Gasteiger partial charge in [-0.15, -0.1) is 0 Å². The van der Waals surface area contributed by atoms with Crippen LogP contribution in [-0.2, 0) is 6.54 Å². The van der Waals surface area contributed by atoms with E-state index in [9.17, 15) is 4.79 Å². The first-order chi connectivity index (χ1) is 8.74. The number of aromatic amines is 1. The van der Waals surface area contributed by atoms with Crippen LogP contribution >= 0.6 is 11.6 Å². The predicted octanol–water partition coefficient (Wildman–Crippen LogP) is 2.73. The summed E-state index contributed by atoms with van der Waals surface area (Å²) in [5.41, 5.74) is 1.71. The van der Waals surface area contributed by atoms with E-state index >= 15 is 0 Å². The van der Waals surface area contributed by atoms with Crippen molar-refractivity contribution in [3.8, 4) is 0 Å². The van der Waals surface area contributed by atoms with Crippen molar-refractivity contribution in [2.24, 2.45) is 0 Å². The lowest BCUT2D eigenvalue weighted by Gasteiger charge is -2.07. The maximum Gasteiger partial charge on any atom is 0.268 e. The number of amides is 1. The molecule has 0 atom stereocenters. The molecule has 2 aromatic rings. The van der Waals surface area contributed by atoms with E-state index in [-0.39, 0.29) is 5.91 Å². The molecule has 5 heteroatoms. The number of carbonyl (C=O) groups is 1. The van der Waals surface area contributed by atoms with Crippen molar-refractivity contribution >= 4 is 17.5 Å². The zero-order chi connectivity index (χ0) is 12.5. The molecule has 0 aromatic carbocycles. The second kappa shape index (κ2) is 4.53. The number of rotatable bonds is 4. The number of halogens is 1. The number of carbonyl (C=O) groups excluding carboxylic acids is 1. The molecule has 4 nitrogen and oxygen atoms in total. The fraction of sp³-hybridized carbons (Fsp3) is 0.308. The fourth-order valence-corrected chi connectivity index (χ4v) is 2.23. The van der Waals surface area contributed by atoms with Crippen LogP contribution in [0.15, 0.2) is 30.7 Å². The Bertz CT molecular complexity index is 555. The molecule has 1 fully saturated rings. The van der Waals surface area contributed by atoms with Crippen molar-refractivity contribution in [1.29, 1.82) is 0 Å². The largest absolute Gasteiger partial charge is 0.367 e. The van der Waals surface area contributed by atoms with Gasteiger partial charge < -0.3 is 14.9 Å². The minimum absolute atomic E-state index is 0.0741. The van der Waals surface area contributed by atoms with Crippen LogP contribution in [0.25, 0.3) is 0 Å². The predicted molar refractivity (Wildman–Crippen MR) is 69.7 cm³/mol. The van der Waals surface area contributed by atoms with E-state index < -0.39 is 0 Å². The Morgan fingerprint density at radius 2 is 2.39 bits per heavy atom. The molecule has 0 saturated heterocycles. The van der Waals surface area contributed by atoms with E-state index in [4.69, 9.17) is 11.6 Å². The zero-order valence-corrected chi connectivity index (χ0v) is 10.6. The second-order valence-corrected chi connectivity index (χ2v) is 5.02. The molecule has 0 bridgehead atoms. The Kier molecular flexibility index (Phi) is 2.88. The normalized spacial score (nSPS) is 14.7. The van der Waals surface area contributed by atoms with E-state index in [1.807, 2.05) is 29.2 Å². The summed E-state index contributed by atoms with van der Waals surface area (Å²) in [6.45, 7) is 0.524. The molecule has 1 aliphatic carbocycles. The molecule has 1 aliphatic rings. The Morgan fingerprint density at radius 3 is 3.06 bits per heavy atom. The Labute approximate surface area is 110 Å². The van der Waals surface area contributed by atoms with Gasteiger partial charge in [0.1, 0.15) is 5.69 Å². The van der Waals surface area contributed by atoms with Gasteiger partial charge in [-0.2, -0.15) is 0 Å². The van der Waals surface area contributed by atoms with Crippen LogP contribution in [0.4, 0.5) is 0 Å². The molecule has 2 aromatic heterocycles. The maximum absolute atomic E-state index is 12.1. The van der Waals surface area contributed by atoms with Crippen LogP contribution in [0.2, 0.25) is 5.02 Å². The van der Waals surface area contributed by atoms with Gasteiger partial charge in [0, 0.05) is 31.2 Å². The summed E-state index contributed by atoms with van der Waals surface area (Å²) in [6.07, 6.45) is 7.80. The highest BCUT2D eigenvalue weighted by Gasteiger charge is 2.27. The fourth-order valence-electron chi connectivity index (χ4n) is 2.02. The number of nitrogens with zero attached hydrogens (tertiary/aromatic N) is 1. The minimum atomic E-state index is -0.0741. The molecule has 0 radical (unpaired) electrons. The van der Waals surface area contributed by atoms with Crippen molar-refractivity contribution in [1.82, 2.24) is 14.9 Å². The zero-order valence-electron chi connectivity index (χ0n) is 9.82. The maximum atomic E-state index is 12.1. The highest BCUT2D eigenvalue weighted by atomic mass is 35.5. The summed E-state index contributed by atoms with van der Waals surface area (Å²) in [5, 5.41) is 3.52. The smallest absolute Gasteiger partial charge is 0.268 e. The molecule has 2 heterocycles. The van der Waals surface area contributed by atoms with Gasteiger partial charge in [0.25, 0.3) is 5.91 Å². The van der Waals surface area contributed by atoms with E-state index in [2.05, 4.69) is 10.3 Å².